The van der Waals surface area contributed by atoms with Gasteiger partial charge in [0.15, 0.2) is 6.61 Å². The van der Waals surface area contributed by atoms with Crippen LogP contribution in [0, 0.1) is 12.3 Å². The SMILES string of the molecule is C#CCOC(=O)/C=C/c1ccc(OCc2cccc(Br)c2)c(Cl)c1. The summed E-state index contributed by atoms with van der Waals surface area (Å²) in [6.07, 6.45) is 7.91. The van der Waals surface area contributed by atoms with Crippen molar-refractivity contribution in [1.29, 1.82) is 0 Å². The van der Waals surface area contributed by atoms with Crippen molar-refractivity contribution in [2.75, 3.05) is 6.61 Å². The largest absolute Gasteiger partial charge is 0.487 e. The minimum absolute atomic E-state index is 0.0493. The summed E-state index contributed by atoms with van der Waals surface area (Å²) in [5.41, 5.74) is 1.79. The maximum absolute atomic E-state index is 11.3. The molecule has 0 spiro atoms. The van der Waals surface area contributed by atoms with Crippen molar-refractivity contribution in [3.8, 4) is 18.1 Å². The fraction of sp³-hybridized carbons (Fsp3) is 0.105. The maximum atomic E-state index is 11.3. The Morgan fingerprint density at radius 2 is 2.12 bits per heavy atom. The van der Waals surface area contributed by atoms with Gasteiger partial charge in [0.1, 0.15) is 12.4 Å². The lowest BCUT2D eigenvalue weighted by atomic mass is 10.2. The smallest absolute Gasteiger partial charge is 0.331 e. The normalized spacial score (nSPS) is 10.4. The first-order valence-corrected chi connectivity index (χ1v) is 8.20. The highest BCUT2D eigenvalue weighted by molar-refractivity contribution is 9.10. The fourth-order valence-electron chi connectivity index (χ4n) is 1.85. The van der Waals surface area contributed by atoms with Crippen LogP contribution in [0.1, 0.15) is 11.1 Å². The zero-order valence-electron chi connectivity index (χ0n) is 12.7. The minimum Gasteiger partial charge on any atom is -0.487 e. The van der Waals surface area contributed by atoms with E-state index >= 15 is 0 Å². The Kier molecular flexibility index (Phi) is 6.92. The number of hydrogen-bond donors (Lipinski definition) is 0. The van der Waals surface area contributed by atoms with E-state index in [4.69, 9.17) is 27.5 Å². The van der Waals surface area contributed by atoms with Crippen LogP contribution in [0.25, 0.3) is 6.08 Å². The molecule has 24 heavy (non-hydrogen) atoms. The third-order valence-electron chi connectivity index (χ3n) is 2.95. The van der Waals surface area contributed by atoms with Gasteiger partial charge in [-0.25, -0.2) is 4.79 Å². The molecule has 2 aromatic carbocycles. The molecule has 2 rings (SSSR count). The first-order chi connectivity index (χ1) is 11.6. The number of ether oxygens (including phenoxy) is 2. The number of rotatable bonds is 6. The predicted octanol–water partition coefficient (Wildman–Crippen LogP) is 4.87. The second-order valence-electron chi connectivity index (χ2n) is 4.75. The van der Waals surface area contributed by atoms with Gasteiger partial charge in [-0.3, -0.25) is 0 Å². The molecule has 0 bridgehead atoms. The van der Waals surface area contributed by atoms with Crippen LogP contribution in [0.4, 0.5) is 0 Å². The quantitative estimate of drug-likeness (QED) is 0.391. The topological polar surface area (TPSA) is 35.5 Å². The van der Waals surface area contributed by atoms with Crippen LogP contribution in [0.15, 0.2) is 53.0 Å². The molecule has 0 N–H and O–H groups in total. The molecule has 0 radical (unpaired) electrons. The van der Waals surface area contributed by atoms with E-state index in [0.717, 1.165) is 15.6 Å². The minimum atomic E-state index is -0.501. The van der Waals surface area contributed by atoms with E-state index in [9.17, 15) is 4.79 Å². The predicted molar refractivity (Wildman–Crippen MR) is 98.8 cm³/mol. The Labute approximate surface area is 154 Å². The van der Waals surface area contributed by atoms with E-state index in [0.29, 0.717) is 17.4 Å². The monoisotopic (exact) mass is 404 g/mol. The standard InChI is InChI=1S/C19H14BrClO3/c1-2-10-23-19(22)9-7-14-6-8-18(17(21)12-14)24-13-15-4-3-5-16(20)11-15/h1,3-9,11-12H,10,13H2/b9-7+. The highest BCUT2D eigenvalue weighted by atomic mass is 79.9. The van der Waals surface area contributed by atoms with Crippen molar-refractivity contribution < 1.29 is 14.3 Å². The lowest BCUT2D eigenvalue weighted by Gasteiger charge is -2.09. The third-order valence-corrected chi connectivity index (χ3v) is 3.74. The van der Waals surface area contributed by atoms with Crippen molar-refractivity contribution in [1.82, 2.24) is 0 Å². The number of benzene rings is 2. The van der Waals surface area contributed by atoms with Crippen molar-refractivity contribution in [3.05, 3.63) is 69.2 Å². The van der Waals surface area contributed by atoms with Gasteiger partial charge in [0.05, 0.1) is 5.02 Å². The molecule has 0 amide bonds. The average molecular weight is 406 g/mol. The van der Waals surface area contributed by atoms with Gasteiger partial charge in [-0.1, -0.05) is 51.7 Å². The Balaban J connectivity index is 1.98. The molecular weight excluding hydrogens is 392 g/mol. The Morgan fingerprint density at radius 1 is 1.29 bits per heavy atom. The fourth-order valence-corrected chi connectivity index (χ4v) is 2.54. The Morgan fingerprint density at radius 3 is 2.83 bits per heavy atom. The summed E-state index contributed by atoms with van der Waals surface area (Å²) in [6, 6.07) is 13.1. The van der Waals surface area contributed by atoms with Gasteiger partial charge in [0.25, 0.3) is 0 Å². The molecule has 0 aliphatic rings. The summed E-state index contributed by atoms with van der Waals surface area (Å²) >= 11 is 9.63. The van der Waals surface area contributed by atoms with E-state index in [1.807, 2.05) is 24.3 Å². The lowest BCUT2D eigenvalue weighted by molar-refractivity contribution is -0.136. The molecular formula is C19H14BrClO3. The molecule has 2 aromatic rings. The van der Waals surface area contributed by atoms with Gasteiger partial charge in [-0.15, -0.1) is 6.42 Å². The van der Waals surface area contributed by atoms with Crippen LogP contribution in [-0.4, -0.2) is 12.6 Å². The van der Waals surface area contributed by atoms with Crippen molar-refractivity contribution >= 4 is 39.6 Å². The Bertz CT molecular complexity index is 793. The van der Waals surface area contributed by atoms with Gasteiger partial charge < -0.3 is 9.47 Å². The highest BCUT2D eigenvalue weighted by Gasteiger charge is 2.04. The summed E-state index contributed by atoms with van der Waals surface area (Å²) in [5, 5.41) is 0.462. The van der Waals surface area contributed by atoms with Gasteiger partial charge >= 0.3 is 5.97 Å². The summed E-state index contributed by atoms with van der Waals surface area (Å²) < 4.78 is 11.5. The molecule has 0 unspecified atom stereocenters. The number of carbonyl (C=O) groups is 1. The second kappa shape index (κ2) is 9.17. The Hall–Kier alpha value is -2.22. The zero-order chi connectivity index (χ0) is 17.4. The summed E-state index contributed by atoms with van der Waals surface area (Å²) in [5.74, 6) is 2.30. The van der Waals surface area contributed by atoms with Crippen molar-refractivity contribution in [2.45, 2.75) is 6.61 Å². The van der Waals surface area contributed by atoms with Crippen LogP contribution in [0.3, 0.4) is 0 Å². The molecule has 0 saturated carbocycles. The number of halogens is 2. The van der Waals surface area contributed by atoms with Crippen LogP contribution < -0.4 is 4.74 Å². The van der Waals surface area contributed by atoms with Gasteiger partial charge in [0, 0.05) is 10.5 Å². The number of hydrogen-bond acceptors (Lipinski definition) is 3. The summed E-state index contributed by atoms with van der Waals surface area (Å²) in [4.78, 5) is 11.3. The molecule has 0 aromatic heterocycles. The van der Waals surface area contributed by atoms with E-state index in [2.05, 4.69) is 21.9 Å². The zero-order valence-corrected chi connectivity index (χ0v) is 15.0. The second-order valence-corrected chi connectivity index (χ2v) is 6.08. The van der Waals surface area contributed by atoms with Crippen LogP contribution in [0.5, 0.6) is 5.75 Å². The van der Waals surface area contributed by atoms with E-state index in [1.54, 1.807) is 24.3 Å². The first-order valence-electron chi connectivity index (χ1n) is 7.03. The number of carbonyl (C=O) groups excluding carboxylic acids is 1. The molecule has 122 valence electrons. The van der Waals surface area contributed by atoms with Crippen LogP contribution in [0.2, 0.25) is 5.02 Å². The van der Waals surface area contributed by atoms with Crippen LogP contribution in [-0.2, 0) is 16.1 Å². The highest BCUT2D eigenvalue weighted by Crippen LogP contribution is 2.27. The number of esters is 1. The van der Waals surface area contributed by atoms with Crippen molar-refractivity contribution in [2.24, 2.45) is 0 Å². The summed E-state index contributed by atoms with van der Waals surface area (Å²) in [7, 11) is 0. The van der Waals surface area contributed by atoms with E-state index in [-0.39, 0.29) is 6.61 Å². The molecule has 3 nitrogen and oxygen atoms in total. The molecule has 0 saturated heterocycles. The van der Waals surface area contributed by atoms with Crippen LogP contribution >= 0.6 is 27.5 Å². The summed E-state index contributed by atoms with van der Waals surface area (Å²) in [6.45, 7) is 0.360. The molecule has 0 aliphatic carbocycles. The molecule has 0 heterocycles. The van der Waals surface area contributed by atoms with Gasteiger partial charge in [-0.05, 0) is 41.5 Å². The van der Waals surface area contributed by atoms with Crippen molar-refractivity contribution in [3.63, 3.8) is 0 Å². The molecule has 0 aliphatic heterocycles. The first kappa shape index (κ1) is 18.1. The molecule has 0 atom stereocenters. The van der Waals surface area contributed by atoms with E-state index in [1.165, 1.54) is 6.08 Å². The average Bonchev–Trinajstić information content (AvgIpc) is 2.57. The third kappa shape index (κ3) is 5.77. The number of terminal acetylenes is 1. The van der Waals surface area contributed by atoms with Gasteiger partial charge in [-0.2, -0.15) is 0 Å². The molecule has 0 fully saturated rings. The van der Waals surface area contributed by atoms with E-state index < -0.39 is 5.97 Å². The lowest BCUT2D eigenvalue weighted by Crippen LogP contribution is -1.99. The van der Waals surface area contributed by atoms with Gasteiger partial charge in [0.2, 0.25) is 0 Å². The maximum Gasteiger partial charge on any atom is 0.331 e. The molecule has 5 heteroatoms.